The second kappa shape index (κ2) is 5.98. The summed E-state index contributed by atoms with van der Waals surface area (Å²) in [6.45, 7) is 2.19. The maximum Gasteiger partial charge on any atom is 0.261 e. The maximum atomic E-state index is 12.1. The molecule has 7 heteroatoms. The van der Waals surface area contributed by atoms with E-state index in [0.29, 0.717) is 18.0 Å². The number of carbonyl (C=O) groups is 1. The van der Waals surface area contributed by atoms with Gasteiger partial charge in [-0.15, -0.1) is 11.3 Å². The molecule has 0 saturated heterocycles. The van der Waals surface area contributed by atoms with E-state index in [0.717, 1.165) is 10.7 Å². The zero-order valence-corrected chi connectivity index (χ0v) is 12.6. The Kier molecular flexibility index (Phi) is 3.88. The number of pyridine rings is 1. The molecule has 3 aromatic heterocycles. The fourth-order valence-corrected chi connectivity index (χ4v) is 2.67. The van der Waals surface area contributed by atoms with Crippen LogP contribution < -0.4 is 10.9 Å². The van der Waals surface area contributed by atoms with Crippen molar-refractivity contribution in [3.63, 3.8) is 0 Å². The van der Waals surface area contributed by atoms with Crippen LogP contribution in [-0.2, 0) is 6.54 Å². The van der Waals surface area contributed by atoms with Gasteiger partial charge in [0.15, 0.2) is 0 Å². The van der Waals surface area contributed by atoms with Gasteiger partial charge >= 0.3 is 0 Å². The van der Waals surface area contributed by atoms with Crippen molar-refractivity contribution in [1.29, 1.82) is 0 Å². The number of aromatic amines is 1. The Morgan fingerprint density at radius 1 is 1.41 bits per heavy atom. The van der Waals surface area contributed by atoms with Crippen LogP contribution in [0.1, 0.15) is 21.1 Å². The van der Waals surface area contributed by atoms with Gasteiger partial charge in [-0.05, 0) is 31.2 Å². The molecule has 0 aromatic carbocycles. The van der Waals surface area contributed by atoms with Crippen molar-refractivity contribution in [3.05, 3.63) is 62.5 Å². The fraction of sp³-hybridized carbons (Fsp3) is 0.133. The molecule has 0 atom stereocenters. The average molecular weight is 315 g/mol. The monoisotopic (exact) mass is 315 g/mol. The molecule has 22 heavy (non-hydrogen) atoms. The maximum absolute atomic E-state index is 12.1. The van der Waals surface area contributed by atoms with E-state index in [-0.39, 0.29) is 5.56 Å². The van der Waals surface area contributed by atoms with Crippen LogP contribution in [0.15, 0.2) is 45.1 Å². The molecule has 1 amide bonds. The van der Waals surface area contributed by atoms with E-state index >= 15 is 0 Å². The van der Waals surface area contributed by atoms with Crippen molar-refractivity contribution in [1.82, 2.24) is 15.3 Å². The summed E-state index contributed by atoms with van der Waals surface area (Å²) < 4.78 is 5.20. The van der Waals surface area contributed by atoms with Crippen LogP contribution >= 0.6 is 11.3 Å². The lowest BCUT2D eigenvalue weighted by Gasteiger charge is -2.03. The number of hydrogen-bond donors (Lipinski definition) is 2. The van der Waals surface area contributed by atoms with Crippen LogP contribution in [0.25, 0.3) is 11.5 Å². The lowest BCUT2D eigenvalue weighted by Crippen LogP contribution is -2.29. The molecule has 6 nitrogen and oxygen atoms in total. The van der Waals surface area contributed by atoms with Crippen molar-refractivity contribution in [2.24, 2.45) is 0 Å². The first-order valence-corrected chi connectivity index (χ1v) is 7.48. The van der Waals surface area contributed by atoms with Crippen molar-refractivity contribution in [3.8, 4) is 11.5 Å². The minimum absolute atomic E-state index is 0.0589. The SMILES string of the molecule is Cc1csc(CNC(=O)c2ccc(-c3ccco3)[nH]c2=O)n1. The molecule has 0 fully saturated rings. The van der Waals surface area contributed by atoms with Crippen LogP contribution in [0.2, 0.25) is 0 Å². The van der Waals surface area contributed by atoms with Gasteiger partial charge in [0.2, 0.25) is 0 Å². The quantitative estimate of drug-likeness (QED) is 0.773. The van der Waals surface area contributed by atoms with E-state index in [9.17, 15) is 9.59 Å². The van der Waals surface area contributed by atoms with Gasteiger partial charge < -0.3 is 14.7 Å². The number of carbonyl (C=O) groups excluding carboxylic acids is 1. The van der Waals surface area contributed by atoms with Crippen LogP contribution in [0.4, 0.5) is 0 Å². The summed E-state index contributed by atoms with van der Waals surface area (Å²) in [5.74, 6) is 0.113. The topological polar surface area (TPSA) is 88.0 Å². The number of hydrogen-bond acceptors (Lipinski definition) is 5. The van der Waals surface area contributed by atoms with Crippen LogP contribution in [0.3, 0.4) is 0 Å². The first-order chi connectivity index (χ1) is 10.6. The lowest BCUT2D eigenvalue weighted by molar-refractivity contribution is 0.0949. The highest BCUT2D eigenvalue weighted by Gasteiger charge is 2.12. The summed E-state index contributed by atoms with van der Waals surface area (Å²) in [7, 11) is 0. The number of H-pyrrole nitrogens is 1. The summed E-state index contributed by atoms with van der Waals surface area (Å²) >= 11 is 1.47. The Morgan fingerprint density at radius 3 is 2.91 bits per heavy atom. The van der Waals surface area contributed by atoms with E-state index in [4.69, 9.17) is 4.42 Å². The molecule has 0 aliphatic rings. The van der Waals surface area contributed by atoms with Gasteiger partial charge in [0.05, 0.1) is 18.5 Å². The Morgan fingerprint density at radius 2 is 2.27 bits per heavy atom. The Hall–Kier alpha value is -2.67. The number of nitrogens with zero attached hydrogens (tertiary/aromatic N) is 1. The average Bonchev–Trinajstić information content (AvgIpc) is 3.16. The van der Waals surface area contributed by atoms with Crippen LogP contribution in [-0.4, -0.2) is 15.9 Å². The van der Waals surface area contributed by atoms with Crippen LogP contribution in [0.5, 0.6) is 0 Å². The molecule has 0 unspecified atom stereocenters. The molecule has 3 aromatic rings. The lowest BCUT2D eigenvalue weighted by atomic mass is 10.2. The number of furan rings is 1. The van der Waals surface area contributed by atoms with Gasteiger partial charge in [0.25, 0.3) is 11.5 Å². The van der Waals surface area contributed by atoms with Gasteiger partial charge in [-0.25, -0.2) is 4.98 Å². The van der Waals surface area contributed by atoms with E-state index < -0.39 is 11.5 Å². The summed E-state index contributed by atoms with van der Waals surface area (Å²) in [4.78, 5) is 31.0. The normalized spacial score (nSPS) is 10.6. The molecule has 3 rings (SSSR count). The Bertz CT molecular complexity index is 849. The molecule has 0 bridgehead atoms. The zero-order chi connectivity index (χ0) is 15.5. The van der Waals surface area contributed by atoms with Crippen LogP contribution in [0, 0.1) is 6.92 Å². The molecular weight excluding hydrogens is 302 g/mol. The highest BCUT2D eigenvalue weighted by Crippen LogP contribution is 2.15. The molecule has 3 heterocycles. The number of amides is 1. The summed E-state index contributed by atoms with van der Waals surface area (Å²) in [6, 6.07) is 6.59. The standard InChI is InChI=1S/C15H13N3O3S/c1-9-8-22-13(17-9)7-16-14(19)10-4-5-11(18-15(10)20)12-3-2-6-21-12/h2-6,8H,7H2,1H3,(H,16,19)(H,18,20). The molecule has 0 radical (unpaired) electrons. The number of aromatic nitrogens is 2. The largest absolute Gasteiger partial charge is 0.463 e. The summed E-state index contributed by atoms with van der Waals surface area (Å²) in [6.07, 6.45) is 1.52. The third kappa shape index (κ3) is 2.99. The third-order valence-corrected chi connectivity index (χ3v) is 3.97. The summed E-state index contributed by atoms with van der Waals surface area (Å²) in [5.41, 5.74) is 1.04. The van der Waals surface area contributed by atoms with Crippen molar-refractivity contribution < 1.29 is 9.21 Å². The van der Waals surface area contributed by atoms with Gasteiger partial charge in [0, 0.05) is 11.1 Å². The predicted octanol–water partition coefficient (Wildman–Crippen LogP) is 2.33. The number of nitrogens with one attached hydrogen (secondary N) is 2. The smallest absolute Gasteiger partial charge is 0.261 e. The highest BCUT2D eigenvalue weighted by atomic mass is 32.1. The second-order valence-corrected chi connectivity index (χ2v) is 5.60. The van der Waals surface area contributed by atoms with E-state index in [1.54, 1.807) is 18.2 Å². The minimum atomic E-state index is -0.457. The molecule has 112 valence electrons. The number of thiazole rings is 1. The van der Waals surface area contributed by atoms with E-state index in [1.807, 2.05) is 12.3 Å². The molecule has 2 N–H and O–H groups in total. The predicted molar refractivity (Wildman–Crippen MR) is 82.8 cm³/mol. The molecule has 0 spiro atoms. The second-order valence-electron chi connectivity index (χ2n) is 4.66. The van der Waals surface area contributed by atoms with Gasteiger partial charge in [-0.1, -0.05) is 0 Å². The molecule has 0 saturated carbocycles. The fourth-order valence-electron chi connectivity index (χ4n) is 1.96. The van der Waals surface area contributed by atoms with Crippen molar-refractivity contribution in [2.45, 2.75) is 13.5 Å². The van der Waals surface area contributed by atoms with E-state index in [2.05, 4.69) is 15.3 Å². The zero-order valence-electron chi connectivity index (χ0n) is 11.8. The Labute approximate surface area is 129 Å². The first kappa shape index (κ1) is 14.3. The highest BCUT2D eigenvalue weighted by molar-refractivity contribution is 7.09. The first-order valence-electron chi connectivity index (χ1n) is 6.60. The third-order valence-electron chi connectivity index (χ3n) is 3.01. The molecule has 0 aliphatic carbocycles. The van der Waals surface area contributed by atoms with Gasteiger partial charge in [-0.3, -0.25) is 9.59 Å². The molecule has 0 aliphatic heterocycles. The van der Waals surface area contributed by atoms with E-state index in [1.165, 1.54) is 23.7 Å². The van der Waals surface area contributed by atoms with Crippen molar-refractivity contribution >= 4 is 17.2 Å². The number of rotatable bonds is 4. The Balaban J connectivity index is 1.74. The number of aryl methyl sites for hydroxylation is 1. The van der Waals surface area contributed by atoms with Gasteiger partial charge in [0.1, 0.15) is 16.3 Å². The summed E-state index contributed by atoms with van der Waals surface area (Å²) in [5, 5.41) is 5.40. The van der Waals surface area contributed by atoms with Gasteiger partial charge in [-0.2, -0.15) is 0 Å². The minimum Gasteiger partial charge on any atom is -0.463 e. The molecular formula is C15H13N3O3S. The van der Waals surface area contributed by atoms with Crippen molar-refractivity contribution in [2.75, 3.05) is 0 Å².